The second-order valence-electron chi connectivity index (χ2n) is 13.2. The van der Waals surface area contributed by atoms with Gasteiger partial charge in [0.1, 0.15) is 11.5 Å². The number of unbranched alkanes of at least 4 members (excludes halogenated alkanes) is 2. The number of ketones is 2. The molecule has 0 aliphatic carbocycles. The number of aryl methyl sites for hydroxylation is 2. The van der Waals surface area contributed by atoms with Crippen LogP contribution in [0.4, 0.5) is 11.4 Å². The average molecular weight is 561 g/mol. The van der Waals surface area contributed by atoms with E-state index < -0.39 is 28.8 Å². The number of rotatable bonds is 7. The summed E-state index contributed by atoms with van der Waals surface area (Å²) in [6, 6.07) is 20.3. The van der Waals surface area contributed by atoms with E-state index in [0.717, 1.165) is 41.6 Å². The molecule has 6 rings (SSSR count). The van der Waals surface area contributed by atoms with Crippen LogP contribution in [-0.4, -0.2) is 29.6 Å². The molecule has 42 heavy (non-hydrogen) atoms. The average Bonchev–Trinajstić information content (AvgIpc) is 3.44. The number of nitrogens with zero attached hydrogens (tertiary/aromatic N) is 1. The molecule has 0 unspecified atom stereocenters. The predicted octanol–water partition coefficient (Wildman–Crippen LogP) is 7.32. The second-order valence-corrected chi connectivity index (χ2v) is 13.2. The lowest BCUT2D eigenvalue weighted by Gasteiger charge is -2.38. The Balaban J connectivity index is 1.57. The number of para-hydroxylation sites is 1. The van der Waals surface area contributed by atoms with Crippen LogP contribution in [0.1, 0.15) is 79.6 Å². The van der Waals surface area contributed by atoms with E-state index in [-0.39, 0.29) is 17.5 Å². The first-order valence-electron chi connectivity index (χ1n) is 15.2. The largest absolute Gasteiger partial charge is 0.352 e. The normalized spacial score (nSPS) is 23.9. The van der Waals surface area contributed by atoms with Crippen molar-refractivity contribution in [2.75, 3.05) is 10.2 Å². The molecule has 5 heteroatoms. The van der Waals surface area contributed by atoms with Crippen LogP contribution >= 0.6 is 0 Å². The zero-order chi connectivity index (χ0) is 29.8. The maximum Gasteiger partial charge on any atom is 0.238 e. The number of fused-ring (bicyclic) bond motifs is 6. The summed E-state index contributed by atoms with van der Waals surface area (Å²) in [4.78, 5) is 46.0. The van der Waals surface area contributed by atoms with Gasteiger partial charge in [0.2, 0.25) is 5.91 Å². The summed E-state index contributed by atoms with van der Waals surface area (Å²) in [6.45, 7) is 9.94. The molecule has 1 fully saturated rings. The molecule has 0 radical (unpaired) electrons. The first-order valence-corrected chi connectivity index (χ1v) is 15.2. The molecule has 1 spiro atoms. The number of carbonyl (C=O) groups is 3. The van der Waals surface area contributed by atoms with E-state index in [1.54, 1.807) is 0 Å². The zero-order valence-electron chi connectivity index (χ0n) is 25.2. The molecular weight excluding hydrogens is 520 g/mol. The Morgan fingerprint density at radius 2 is 1.71 bits per heavy atom. The van der Waals surface area contributed by atoms with Crippen molar-refractivity contribution >= 4 is 34.9 Å². The van der Waals surface area contributed by atoms with Gasteiger partial charge in [-0.25, -0.2) is 0 Å². The molecule has 3 aromatic carbocycles. The number of Topliss-reactive ketones (excluding diaryl/α,β-unsaturated/α-hetero) is 2. The van der Waals surface area contributed by atoms with Crippen LogP contribution < -0.4 is 10.2 Å². The molecule has 0 bridgehead atoms. The van der Waals surface area contributed by atoms with Gasteiger partial charge >= 0.3 is 0 Å². The molecule has 3 aromatic rings. The Hall–Kier alpha value is -3.99. The van der Waals surface area contributed by atoms with Gasteiger partial charge in [0, 0.05) is 22.4 Å². The minimum atomic E-state index is -1.27. The summed E-state index contributed by atoms with van der Waals surface area (Å²) < 4.78 is 0. The topological polar surface area (TPSA) is 66.5 Å². The van der Waals surface area contributed by atoms with Gasteiger partial charge in [0.05, 0.1) is 12.0 Å². The van der Waals surface area contributed by atoms with E-state index in [9.17, 15) is 14.4 Å². The molecule has 1 saturated heterocycles. The molecule has 0 saturated carbocycles. The summed E-state index contributed by atoms with van der Waals surface area (Å²) in [5.74, 6) is -1.35. The maximum absolute atomic E-state index is 14.9. The van der Waals surface area contributed by atoms with E-state index in [4.69, 9.17) is 0 Å². The van der Waals surface area contributed by atoms with E-state index in [2.05, 4.69) is 29.3 Å². The lowest BCUT2D eigenvalue weighted by molar-refractivity contribution is -0.128. The fraction of sp³-hybridized carbons (Fsp3) is 0.378. The van der Waals surface area contributed by atoms with Crippen molar-refractivity contribution in [3.63, 3.8) is 0 Å². The maximum atomic E-state index is 14.9. The number of hydrogen-bond donors (Lipinski definition) is 1. The Kier molecular flexibility index (Phi) is 6.95. The predicted molar refractivity (Wildman–Crippen MR) is 169 cm³/mol. The molecule has 4 atom stereocenters. The van der Waals surface area contributed by atoms with Crippen LogP contribution in [-0.2, 0) is 21.4 Å². The third-order valence-corrected chi connectivity index (χ3v) is 9.39. The van der Waals surface area contributed by atoms with Crippen molar-refractivity contribution in [2.45, 2.75) is 77.8 Å². The number of benzene rings is 3. The molecule has 5 nitrogen and oxygen atoms in total. The highest BCUT2D eigenvalue weighted by Crippen LogP contribution is 2.58. The highest BCUT2D eigenvalue weighted by molar-refractivity contribution is 6.17. The first-order chi connectivity index (χ1) is 20.1. The van der Waals surface area contributed by atoms with E-state index in [1.165, 1.54) is 12.0 Å². The molecule has 3 heterocycles. The van der Waals surface area contributed by atoms with Gasteiger partial charge in [-0.05, 0) is 54.7 Å². The van der Waals surface area contributed by atoms with Crippen LogP contribution in [0.5, 0.6) is 0 Å². The molecule has 0 aromatic heterocycles. The van der Waals surface area contributed by atoms with Gasteiger partial charge in [-0.2, -0.15) is 0 Å². The van der Waals surface area contributed by atoms with Gasteiger partial charge in [-0.1, -0.05) is 107 Å². The molecule has 3 aliphatic rings. The number of nitrogens with one attached hydrogen (secondary N) is 1. The van der Waals surface area contributed by atoms with E-state index in [1.807, 2.05) is 94.4 Å². The van der Waals surface area contributed by atoms with Crippen molar-refractivity contribution in [2.24, 2.45) is 11.3 Å². The standard InChI is InChI=1S/C37H40N2O3/c1-6-7-8-11-24-15-17-25(18-16-24)33(40)31-32(34(41)36(3,4)5)39-29-20-14-23(2)22-26(29)19-21-30(39)37(31)27-12-9-10-13-28(27)38-35(37)42/h9-10,12-22,30-32H,6-8,11H2,1-5H3,(H,38,42)/t30-,31+,32+,37-/m1/s1. The lowest BCUT2D eigenvalue weighted by Crippen LogP contribution is -2.51. The van der Waals surface area contributed by atoms with Gasteiger partial charge < -0.3 is 10.2 Å². The Morgan fingerprint density at radius 1 is 0.976 bits per heavy atom. The first kappa shape index (κ1) is 28.1. The van der Waals surface area contributed by atoms with Crippen LogP contribution in [0.15, 0.2) is 72.8 Å². The highest BCUT2D eigenvalue weighted by atomic mass is 16.2. The summed E-state index contributed by atoms with van der Waals surface area (Å²) >= 11 is 0. The number of anilines is 2. The van der Waals surface area contributed by atoms with Gasteiger partial charge in [0.25, 0.3) is 0 Å². The summed E-state index contributed by atoms with van der Waals surface area (Å²) in [5, 5.41) is 3.11. The Labute approximate surface area is 249 Å². The van der Waals surface area contributed by atoms with Gasteiger partial charge in [-0.3, -0.25) is 14.4 Å². The highest BCUT2D eigenvalue weighted by Gasteiger charge is 2.70. The van der Waals surface area contributed by atoms with Gasteiger partial charge in [-0.15, -0.1) is 0 Å². The van der Waals surface area contributed by atoms with E-state index in [0.29, 0.717) is 11.3 Å². The molecule has 216 valence electrons. The quantitative estimate of drug-likeness (QED) is 0.243. The Bertz CT molecular complexity index is 1600. The summed E-state index contributed by atoms with van der Waals surface area (Å²) in [7, 11) is 0. The fourth-order valence-electron chi connectivity index (χ4n) is 7.34. The summed E-state index contributed by atoms with van der Waals surface area (Å²) in [6.07, 6.45) is 8.49. The third-order valence-electron chi connectivity index (χ3n) is 9.39. The van der Waals surface area contributed by atoms with Crippen molar-refractivity contribution < 1.29 is 14.4 Å². The number of amides is 1. The zero-order valence-corrected chi connectivity index (χ0v) is 25.2. The molecule has 3 aliphatic heterocycles. The minimum absolute atomic E-state index is 0.0436. The van der Waals surface area contributed by atoms with Crippen LogP contribution in [0, 0.1) is 18.3 Å². The smallest absolute Gasteiger partial charge is 0.238 e. The minimum Gasteiger partial charge on any atom is -0.352 e. The van der Waals surface area contributed by atoms with Crippen LogP contribution in [0.3, 0.4) is 0 Å². The number of hydrogen-bond acceptors (Lipinski definition) is 4. The second kappa shape index (κ2) is 10.4. The fourth-order valence-corrected chi connectivity index (χ4v) is 7.34. The van der Waals surface area contributed by atoms with Crippen molar-refractivity contribution in [1.82, 2.24) is 0 Å². The van der Waals surface area contributed by atoms with Gasteiger partial charge in [0.15, 0.2) is 11.6 Å². The number of carbonyl (C=O) groups excluding carboxylic acids is 3. The van der Waals surface area contributed by atoms with E-state index >= 15 is 0 Å². The van der Waals surface area contributed by atoms with Crippen LogP contribution in [0.2, 0.25) is 0 Å². The third kappa shape index (κ3) is 4.24. The monoisotopic (exact) mass is 560 g/mol. The van der Waals surface area contributed by atoms with Crippen molar-refractivity contribution in [3.05, 3.63) is 101 Å². The SMILES string of the molecule is CCCCCc1ccc(C(=O)[C@@H]2[C@@H](C(=O)C(C)(C)C)N3c4ccc(C)cc4C=C[C@@H]3[C@@]23C(=O)Nc2ccccc23)cc1. The van der Waals surface area contributed by atoms with Crippen molar-refractivity contribution in [1.29, 1.82) is 0 Å². The Morgan fingerprint density at radius 3 is 2.43 bits per heavy atom. The molecular formula is C37H40N2O3. The molecule has 1 N–H and O–H groups in total. The summed E-state index contributed by atoms with van der Waals surface area (Å²) in [5.41, 5.74) is 4.20. The molecule has 1 amide bonds. The lowest BCUT2D eigenvalue weighted by atomic mass is 9.63. The van der Waals surface area contributed by atoms with Crippen molar-refractivity contribution in [3.8, 4) is 0 Å². The van der Waals surface area contributed by atoms with Crippen LogP contribution in [0.25, 0.3) is 6.08 Å².